The van der Waals surface area contributed by atoms with Crippen LogP contribution in [0.3, 0.4) is 0 Å². The minimum atomic E-state index is 0. The molecule has 1 amide bonds. The van der Waals surface area contributed by atoms with Crippen molar-refractivity contribution in [2.24, 2.45) is 10.7 Å². The summed E-state index contributed by atoms with van der Waals surface area (Å²) in [6.45, 7) is 5.38. The van der Waals surface area contributed by atoms with Crippen molar-refractivity contribution in [3.63, 3.8) is 0 Å². The monoisotopic (exact) mass is 396 g/mol. The third kappa shape index (κ3) is 8.60. The molecule has 6 heteroatoms. The maximum atomic E-state index is 11.8. The topological polar surface area (TPSA) is 70.7 Å². The van der Waals surface area contributed by atoms with Gasteiger partial charge >= 0.3 is 0 Å². The highest BCUT2D eigenvalue weighted by atomic mass is 127. The molecule has 118 valence electrons. The summed E-state index contributed by atoms with van der Waals surface area (Å²) in [5, 5.41) is 3.01. The third-order valence-corrected chi connectivity index (χ3v) is 3.40. The van der Waals surface area contributed by atoms with Crippen LogP contribution >= 0.6 is 24.0 Å². The molecular formula is C14H29IN4O. The smallest absolute Gasteiger partial charge is 0.224 e. The van der Waals surface area contributed by atoms with Gasteiger partial charge < -0.3 is 16.0 Å². The highest BCUT2D eigenvalue weighted by molar-refractivity contribution is 14.0. The molecule has 1 aliphatic heterocycles. The Morgan fingerprint density at radius 1 is 1.25 bits per heavy atom. The Labute approximate surface area is 139 Å². The Hall–Kier alpha value is -0.530. The summed E-state index contributed by atoms with van der Waals surface area (Å²) in [5.41, 5.74) is 5.74. The first-order valence-electron chi connectivity index (χ1n) is 7.55. The molecule has 1 fully saturated rings. The first-order valence-corrected chi connectivity index (χ1v) is 7.55. The van der Waals surface area contributed by atoms with E-state index >= 15 is 0 Å². The van der Waals surface area contributed by atoms with E-state index in [1.165, 1.54) is 19.3 Å². The Balaban J connectivity index is 0.00000361. The fourth-order valence-electron chi connectivity index (χ4n) is 2.22. The second-order valence-corrected chi connectivity index (χ2v) is 5.09. The van der Waals surface area contributed by atoms with E-state index in [-0.39, 0.29) is 29.9 Å². The normalized spacial score (nSPS) is 15.1. The molecule has 1 rings (SSSR count). The molecule has 0 aromatic rings. The van der Waals surface area contributed by atoms with Crippen LogP contribution < -0.4 is 11.1 Å². The van der Waals surface area contributed by atoms with E-state index in [2.05, 4.69) is 17.2 Å². The number of nitrogens with zero attached hydrogens (tertiary/aromatic N) is 2. The number of hydrogen-bond donors (Lipinski definition) is 2. The predicted octanol–water partition coefficient (Wildman–Crippen LogP) is 2.10. The van der Waals surface area contributed by atoms with Gasteiger partial charge in [-0.3, -0.25) is 9.79 Å². The van der Waals surface area contributed by atoms with Gasteiger partial charge in [-0.15, -0.1) is 24.0 Å². The molecule has 5 nitrogen and oxygen atoms in total. The van der Waals surface area contributed by atoms with Gasteiger partial charge in [0.2, 0.25) is 5.91 Å². The van der Waals surface area contributed by atoms with Crippen molar-refractivity contribution >= 4 is 35.8 Å². The molecule has 0 aromatic carbocycles. The molecule has 0 saturated carbocycles. The molecule has 1 aliphatic rings. The number of hydrogen-bond acceptors (Lipinski definition) is 2. The number of halogens is 1. The average Bonchev–Trinajstić information content (AvgIpc) is 2.92. The number of aliphatic imine (C=N–C) groups is 1. The van der Waals surface area contributed by atoms with Gasteiger partial charge in [0.25, 0.3) is 0 Å². The second kappa shape index (κ2) is 12.2. The van der Waals surface area contributed by atoms with E-state index in [9.17, 15) is 4.79 Å². The lowest BCUT2D eigenvalue weighted by molar-refractivity contribution is -0.129. The summed E-state index contributed by atoms with van der Waals surface area (Å²) < 4.78 is 0. The van der Waals surface area contributed by atoms with Gasteiger partial charge in [0.05, 0.1) is 0 Å². The Morgan fingerprint density at radius 2 is 1.95 bits per heavy atom. The van der Waals surface area contributed by atoms with Crippen LogP contribution in [0, 0.1) is 0 Å². The van der Waals surface area contributed by atoms with Crippen LogP contribution in [0.25, 0.3) is 0 Å². The molecule has 20 heavy (non-hydrogen) atoms. The van der Waals surface area contributed by atoms with E-state index in [1.54, 1.807) is 0 Å². The number of likely N-dealkylation sites (tertiary alicyclic amines) is 1. The largest absolute Gasteiger partial charge is 0.370 e. The molecule has 0 aliphatic carbocycles. The van der Waals surface area contributed by atoms with Crippen molar-refractivity contribution in [1.29, 1.82) is 0 Å². The van der Waals surface area contributed by atoms with E-state index in [1.807, 2.05) is 4.90 Å². The minimum absolute atomic E-state index is 0. The molecule has 0 radical (unpaired) electrons. The summed E-state index contributed by atoms with van der Waals surface area (Å²) >= 11 is 0. The van der Waals surface area contributed by atoms with Crippen LogP contribution in [0.4, 0.5) is 0 Å². The van der Waals surface area contributed by atoms with Crippen molar-refractivity contribution in [1.82, 2.24) is 10.2 Å². The molecule has 1 heterocycles. The van der Waals surface area contributed by atoms with Crippen LogP contribution in [0.15, 0.2) is 4.99 Å². The van der Waals surface area contributed by atoms with Crippen molar-refractivity contribution < 1.29 is 4.79 Å². The number of nitrogens with one attached hydrogen (secondary N) is 1. The summed E-state index contributed by atoms with van der Waals surface area (Å²) in [6, 6.07) is 0. The van der Waals surface area contributed by atoms with Gasteiger partial charge in [-0.1, -0.05) is 26.2 Å². The van der Waals surface area contributed by atoms with E-state index in [0.717, 1.165) is 38.9 Å². The number of nitrogens with two attached hydrogens (primary N) is 1. The predicted molar refractivity (Wildman–Crippen MR) is 94.5 cm³/mol. The van der Waals surface area contributed by atoms with Gasteiger partial charge in [0, 0.05) is 32.6 Å². The van der Waals surface area contributed by atoms with Crippen LogP contribution in [-0.2, 0) is 4.79 Å². The van der Waals surface area contributed by atoms with E-state index in [0.29, 0.717) is 18.9 Å². The van der Waals surface area contributed by atoms with Crippen LogP contribution in [0.2, 0.25) is 0 Å². The van der Waals surface area contributed by atoms with Crippen molar-refractivity contribution in [3.05, 3.63) is 0 Å². The van der Waals surface area contributed by atoms with Gasteiger partial charge in [0.15, 0.2) is 5.96 Å². The van der Waals surface area contributed by atoms with E-state index < -0.39 is 0 Å². The zero-order valence-electron chi connectivity index (χ0n) is 12.6. The summed E-state index contributed by atoms with van der Waals surface area (Å²) in [7, 11) is 0. The molecule has 0 bridgehead atoms. The standard InChI is InChI=1S/C14H28N4O.HI/c1-2-3-4-5-9-16-14(15)17-10-8-13(19)18-11-6-7-12-18;/h2-12H2,1H3,(H3,15,16,17);1H. The van der Waals surface area contributed by atoms with Gasteiger partial charge in [-0.2, -0.15) is 0 Å². The Morgan fingerprint density at radius 3 is 2.60 bits per heavy atom. The SMILES string of the molecule is CCCCCCN=C(N)NCCC(=O)N1CCCC1.I. The number of unbranched alkanes of at least 4 members (excludes halogenated alkanes) is 3. The molecular weight excluding hydrogens is 367 g/mol. The molecule has 3 N–H and O–H groups in total. The van der Waals surface area contributed by atoms with Crippen molar-refractivity contribution in [2.45, 2.75) is 51.9 Å². The van der Waals surface area contributed by atoms with Gasteiger partial charge in [-0.05, 0) is 19.3 Å². The molecule has 0 spiro atoms. The highest BCUT2D eigenvalue weighted by Crippen LogP contribution is 2.08. The third-order valence-electron chi connectivity index (χ3n) is 3.40. The lowest BCUT2D eigenvalue weighted by atomic mass is 10.2. The fourth-order valence-corrected chi connectivity index (χ4v) is 2.22. The summed E-state index contributed by atoms with van der Waals surface area (Å²) in [5.74, 6) is 0.687. The maximum absolute atomic E-state index is 11.8. The lowest BCUT2D eigenvalue weighted by Crippen LogP contribution is -2.36. The molecule has 0 unspecified atom stereocenters. The van der Waals surface area contributed by atoms with Crippen LogP contribution in [-0.4, -0.2) is 42.9 Å². The number of guanidine groups is 1. The number of carbonyl (C=O) groups is 1. The number of amides is 1. The Kier molecular flexibility index (Phi) is 11.9. The quantitative estimate of drug-likeness (QED) is 0.286. The highest BCUT2D eigenvalue weighted by Gasteiger charge is 2.16. The molecule has 1 saturated heterocycles. The minimum Gasteiger partial charge on any atom is -0.370 e. The van der Waals surface area contributed by atoms with Gasteiger partial charge in [0.1, 0.15) is 0 Å². The van der Waals surface area contributed by atoms with Crippen LogP contribution in [0.1, 0.15) is 51.9 Å². The first kappa shape index (κ1) is 19.5. The van der Waals surface area contributed by atoms with Crippen molar-refractivity contribution in [3.8, 4) is 0 Å². The number of rotatable bonds is 8. The fraction of sp³-hybridized carbons (Fsp3) is 0.857. The van der Waals surface area contributed by atoms with E-state index in [4.69, 9.17) is 5.73 Å². The first-order chi connectivity index (χ1) is 9.24. The summed E-state index contributed by atoms with van der Waals surface area (Å²) in [6.07, 6.45) is 7.57. The summed E-state index contributed by atoms with van der Waals surface area (Å²) in [4.78, 5) is 17.9. The zero-order valence-corrected chi connectivity index (χ0v) is 14.9. The van der Waals surface area contributed by atoms with Crippen molar-refractivity contribution in [2.75, 3.05) is 26.2 Å². The maximum Gasteiger partial charge on any atom is 0.224 e. The second-order valence-electron chi connectivity index (χ2n) is 5.09. The zero-order chi connectivity index (χ0) is 13.9. The van der Waals surface area contributed by atoms with Gasteiger partial charge in [-0.25, -0.2) is 0 Å². The Bertz CT molecular complexity index is 291. The number of carbonyl (C=O) groups excluding carboxylic acids is 1. The van der Waals surface area contributed by atoms with Crippen LogP contribution in [0.5, 0.6) is 0 Å². The molecule has 0 atom stereocenters. The molecule has 0 aromatic heterocycles. The lowest BCUT2D eigenvalue weighted by Gasteiger charge is -2.15. The average molecular weight is 396 g/mol.